The Balaban J connectivity index is 2.20. The summed E-state index contributed by atoms with van der Waals surface area (Å²) in [6, 6.07) is 0. The standard InChI is InChI=1S/C26H46BN3O8/c1-22(2,3)35-19(31)14-18(29-21(34)36-23(4,5)6)30-15-17(26(28,16-30)20(32)33)12-11-13-27-37-24(7,8)25(9,10)38-27/h17H,11-16,28H2,1-10H3,(H,32,33)/t17-,26-/m0/s1. The summed E-state index contributed by atoms with van der Waals surface area (Å²) >= 11 is 0. The van der Waals surface area contributed by atoms with Gasteiger partial charge in [-0.3, -0.25) is 9.59 Å². The molecule has 2 saturated heterocycles. The predicted octanol–water partition coefficient (Wildman–Crippen LogP) is 3.64. The average molecular weight is 539 g/mol. The first-order valence-electron chi connectivity index (χ1n) is 13.2. The second kappa shape index (κ2) is 11.1. The van der Waals surface area contributed by atoms with Gasteiger partial charge in [-0.1, -0.05) is 6.42 Å². The lowest BCUT2D eigenvalue weighted by atomic mass is 9.78. The monoisotopic (exact) mass is 539 g/mol. The van der Waals surface area contributed by atoms with E-state index in [9.17, 15) is 19.5 Å². The highest BCUT2D eigenvalue weighted by molar-refractivity contribution is 6.45. The Bertz CT molecular complexity index is 922. The zero-order valence-electron chi connectivity index (χ0n) is 24.7. The summed E-state index contributed by atoms with van der Waals surface area (Å²) in [7, 11) is -0.397. The number of carbonyl (C=O) groups is 3. The molecule has 2 rings (SSSR count). The molecule has 3 N–H and O–H groups in total. The van der Waals surface area contributed by atoms with Gasteiger partial charge in [-0.25, -0.2) is 4.79 Å². The molecule has 2 atom stereocenters. The summed E-state index contributed by atoms with van der Waals surface area (Å²) in [4.78, 5) is 43.1. The van der Waals surface area contributed by atoms with Crippen molar-refractivity contribution >= 4 is 31.0 Å². The van der Waals surface area contributed by atoms with Crippen LogP contribution in [0.3, 0.4) is 0 Å². The van der Waals surface area contributed by atoms with Crippen LogP contribution in [0, 0.1) is 5.92 Å². The molecule has 0 aromatic rings. The number of nitrogens with zero attached hydrogens (tertiary/aromatic N) is 2. The minimum Gasteiger partial charge on any atom is -0.480 e. The van der Waals surface area contributed by atoms with E-state index in [0.717, 1.165) is 0 Å². The van der Waals surface area contributed by atoms with Crippen molar-refractivity contribution in [3.05, 3.63) is 0 Å². The van der Waals surface area contributed by atoms with Crippen LogP contribution in [-0.2, 0) is 28.4 Å². The summed E-state index contributed by atoms with van der Waals surface area (Å²) in [6.07, 6.45) is 0.475. The second-order valence-electron chi connectivity index (χ2n) is 13.3. The number of likely N-dealkylation sites (tertiary alicyclic amines) is 1. The van der Waals surface area contributed by atoms with E-state index in [4.69, 9.17) is 24.5 Å². The molecule has 0 aromatic carbocycles. The molecule has 0 radical (unpaired) electrons. The smallest absolute Gasteiger partial charge is 0.457 e. The average Bonchev–Trinajstić information content (AvgIpc) is 3.11. The van der Waals surface area contributed by atoms with Crippen LogP contribution in [0.1, 0.15) is 88.5 Å². The van der Waals surface area contributed by atoms with E-state index >= 15 is 0 Å². The number of aliphatic carboxylic acids is 1. The van der Waals surface area contributed by atoms with Gasteiger partial charge in [0.05, 0.1) is 11.2 Å². The Morgan fingerprint density at radius 1 is 1.03 bits per heavy atom. The van der Waals surface area contributed by atoms with E-state index in [-0.39, 0.29) is 25.3 Å². The van der Waals surface area contributed by atoms with Crippen molar-refractivity contribution in [2.45, 2.75) is 123 Å². The molecule has 11 nitrogen and oxygen atoms in total. The molecule has 0 unspecified atom stereocenters. The molecular weight excluding hydrogens is 493 g/mol. The SMILES string of the molecule is CC(C)(C)OC(=O)CC(=NC(=O)OC(C)(C)C)N1C[C@H](CCCB2OC(C)(C)C(C)(C)O2)[C@](N)(C(=O)O)C1. The van der Waals surface area contributed by atoms with Crippen LogP contribution in [-0.4, -0.2) is 82.0 Å². The Morgan fingerprint density at radius 3 is 2.03 bits per heavy atom. The van der Waals surface area contributed by atoms with Gasteiger partial charge in [0.2, 0.25) is 0 Å². The van der Waals surface area contributed by atoms with Crippen LogP contribution < -0.4 is 5.73 Å². The van der Waals surface area contributed by atoms with Crippen molar-refractivity contribution < 1.29 is 38.3 Å². The Morgan fingerprint density at radius 2 is 1.55 bits per heavy atom. The lowest BCUT2D eigenvalue weighted by Crippen LogP contribution is -2.55. The Kier molecular flexibility index (Phi) is 9.39. The van der Waals surface area contributed by atoms with Crippen molar-refractivity contribution in [1.29, 1.82) is 0 Å². The largest absolute Gasteiger partial charge is 0.480 e. The fraction of sp³-hybridized carbons (Fsp3) is 0.846. The number of amides is 1. The van der Waals surface area contributed by atoms with E-state index in [2.05, 4.69) is 4.99 Å². The third-order valence-corrected chi connectivity index (χ3v) is 7.02. The first-order chi connectivity index (χ1) is 17.0. The van der Waals surface area contributed by atoms with Gasteiger partial charge in [-0.2, -0.15) is 4.99 Å². The lowest BCUT2D eigenvalue weighted by molar-refractivity contribution is -0.153. The summed E-state index contributed by atoms with van der Waals surface area (Å²) < 4.78 is 22.8. The first kappa shape index (κ1) is 32.0. The minimum atomic E-state index is -1.60. The van der Waals surface area contributed by atoms with Crippen LogP contribution in [0.4, 0.5) is 4.79 Å². The van der Waals surface area contributed by atoms with Crippen molar-refractivity contribution in [2.24, 2.45) is 16.6 Å². The molecule has 0 bridgehead atoms. The fourth-order valence-corrected chi connectivity index (χ4v) is 4.46. The maximum atomic E-state index is 12.6. The molecule has 216 valence electrons. The summed E-state index contributed by atoms with van der Waals surface area (Å²) in [5.41, 5.74) is 2.40. The number of carboxylic acids is 1. The summed E-state index contributed by atoms with van der Waals surface area (Å²) in [6.45, 7) is 18.3. The van der Waals surface area contributed by atoms with Crippen molar-refractivity contribution in [3.63, 3.8) is 0 Å². The number of rotatable bonds is 7. The highest BCUT2D eigenvalue weighted by atomic mass is 16.7. The maximum Gasteiger partial charge on any atom is 0.457 e. The summed E-state index contributed by atoms with van der Waals surface area (Å²) in [5.74, 6) is -2.15. The topological polar surface area (TPSA) is 150 Å². The highest BCUT2D eigenvalue weighted by Crippen LogP contribution is 2.39. The molecular formula is C26H46BN3O8. The molecule has 0 aromatic heterocycles. The molecule has 2 aliphatic rings. The first-order valence-corrected chi connectivity index (χ1v) is 13.2. The van der Waals surface area contributed by atoms with Crippen LogP contribution in [0.2, 0.25) is 6.32 Å². The van der Waals surface area contributed by atoms with E-state index < -0.39 is 59.0 Å². The van der Waals surface area contributed by atoms with Crippen molar-refractivity contribution in [1.82, 2.24) is 4.90 Å². The Hall–Kier alpha value is -2.18. The van der Waals surface area contributed by atoms with Crippen LogP contribution in [0.5, 0.6) is 0 Å². The number of hydrogen-bond acceptors (Lipinski definition) is 8. The maximum absolute atomic E-state index is 12.6. The van der Waals surface area contributed by atoms with Gasteiger partial charge in [-0.15, -0.1) is 0 Å². The normalized spacial score (nSPS) is 25.4. The number of esters is 1. The number of carbonyl (C=O) groups excluding carboxylic acids is 2. The number of aliphatic imine (C=N–C) groups is 1. The van der Waals surface area contributed by atoms with Crippen molar-refractivity contribution in [3.8, 4) is 0 Å². The molecule has 2 aliphatic heterocycles. The van der Waals surface area contributed by atoms with E-state index in [1.165, 1.54) is 0 Å². The zero-order chi connectivity index (χ0) is 29.3. The number of carboxylic acid groups (broad SMARTS) is 1. The van der Waals surface area contributed by atoms with Gasteiger partial charge < -0.3 is 34.5 Å². The van der Waals surface area contributed by atoms with Gasteiger partial charge >= 0.3 is 25.2 Å². The number of ether oxygens (including phenoxy) is 2. The van der Waals surface area contributed by atoms with Crippen LogP contribution >= 0.6 is 0 Å². The van der Waals surface area contributed by atoms with Crippen LogP contribution in [0.15, 0.2) is 4.99 Å². The fourth-order valence-electron chi connectivity index (χ4n) is 4.46. The van der Waals surface area contributed by atoms with Gasteiger partial charge in [0.25, 0.3) is 0 Å². The molecule has 2 fully saturated rings. The molecule has 0 saturated carbocycles. The van der Waals surface area contributed by atoms with E-state index in [1.807, 2.05) is 27.7 Å². The van der Waals surface area contributed by atoms with Gasteiger partial charge in [0.15, 0.2) is 0 Å². The quantitative estimate of drug-likeness (QED) is 0.212. The highest BCUT2D eigenvalue weighted by Gasteiger charge is 2.52. The molecule has 38 heavy (non-hydrogen) atoms. The van der Waals surface area contributed by atoms with Crippen molar-refractivity contribution in [2.75, 3.05) is 13.1 Å². The third-order valence-electron chi connectivity index (χ3n) is 7.02. The van der Waals surface area contributed by atoms with Gasteiger partial charge in [-0.05, 0) is 82.0 Å². The zero-order valence-corrected chi connectivity index (χ0v) is 24.7. The Labute approximate surface area is 226 Å². The predicted molar refractivity (Wildman–Crippen MR) is 144 cm³/mol. The van der Waals surface area contributed by atoms with E-state index in [0.29, 0.717) is 19.2 Å². The number of amidine groups is 1. The van der Waals surface area contributed by atoms with Gasteiger partial charge in [0.1, 0.15) is 29.0 Å². The number of nitrogens with two attached hydrogens (primary N) is 1. The van der Waals surface area contributed by atoms with E-state index in [1.54, 1.807) is 46.4 Å². The molecule has 12 heteroatoms. The number of hydrogen-bond donors (Lipinski definition) is 2. The second-order valence-corrected chi connectivity index (χ2v) is 13.3. The third kappa shape index (κ3) is 8.41. The minimum absolute atomic E-state index is 0.0676. The lowest BCUT2D eigenvalue weighted by Gasteiger charge is -2.32. The summed E-state index contributed by atoms with van der Waals surface area (Å²) in [5, 5.41) is 10.0. The molecule has 0 spiro atoms. The van der Waals surface area contributed by atoms with Gasteiger partial charge in [0, 0.05) is 19.0 Å². The van der Waals surface area contributed by atoms with Crippen LogP contribution in [0.25, 0.3) is 0 Å². The molecule has 1 amide bonds. The molecule has 2 heterocycles. The molecule has 0 aliphatic carbocycles.